The zero-order valence-electron chi connectivity index (χ0n) is 24.5. The lowest BCUT2D eigenvalue weighted by molar-refractivity contribution is -0.144. The third-order valence-corrected chi connectivity index (χ3v) is 8.14. The van der Waals surface area contributed by atoms with Gasteiger partial charge in [-0.1, -0.05) is 84.4 Å². The van der Waals surface area contributed by atoms with Crippen molar-refractivity contribution < 1.29 is 29.7 Å². The van der Waals surface area contributed by atoms with Crippen LogP contribution in [0.4, 0.5) is 0 Å². The molecule has 10 heteroatoms. The van der Waals surface area contributed by atoms with Crippen molar-refractivity contribution in [3.63, 3.8) is 0 Å². The van der Waals surface area contributed by atoms with E-state index in [0.717, 1.165) is 36.3 Å². The molecular formula is C33H40ClN3O6. The number of aliphatic carboxylic acids is 2. The van der Waals surface area contributed by atoms with Crippen molar-refractivity contribution in [2.24, 2.45) is 5.73 Å². The minimum Gasteiger partial charge on any atom is -0.481 e. The van der Waals surface area contributed by atoms with Gasteiger partial charge < -0.3 is 30.9 Å². The Balaban J connectivity index is 0.000000489. The van der Waals surface area contributed by atoms with E-state index in [1.54, 1.807) is 4.90 Å². The first-order valence-corrected chi connectivity index (χ1v) is 14.5. The Morgan fingerprint density at radius 1 is 0.907 bits per heavy atom. The Morgan fingerprint density at radius 3 is 1.79 bits per heavy atom. The molecule has 3 aromatic rings. The van der Waals surface area contributed by atoms with E-state index < -0.39 is 35.4 Å². The third-order valence-electron chi connectivity index (χ3n) is 7.88. The van der Waals surface area contributed by atoms with Crippen molar-refractivity contribution in [1.82, 2.24) is 9.80 Å². The number of amides is 1. The summed E-state index contributed by atoms with van der Waals surface area (Å²) < 4.78 is 0. The normalized spacial score (nSPS) is 15.5. The summed E-state index contributed by atoms with van der Waals surface area (Å²) in [6.45, 7) is 2.31. The number of carboxylic acid groups (broad SMARTS) is 2. The molecule has 3 aromatic carbocycles. The minimum atomic E-state index is -1.29. The van der Waals surface area contributed by atoms with Crippen LogP contribution in [-0.4, -0.2) is 82.7 Å². The van der Waals surface area contributed by atoms with Gasteiger partial charge in [-0.25, -0.2) is 0 Å². The summed E-state index contributed by atoms with van der Waals surface area (Å²) in [7, 11) is 3.66. The summed E-state index contributed by atoms with van der Waals surface area (Å²) >= 11 is 6.03. The fraction of sp³-hybridized carbons (Fsp3) is 0.364. The number of nitrogens with two attached hydrogens (primary N) is 1. The van der Waals surface area contributed by atoms with E-state index in [1.165, 1.54) is 0 Å². The van der Waals surface area contributed by atoms with E-state index in [2.05, 4.69) is 29.2 Å². The van der Waals surface area contributed by atoms with Gasteiger partial charge >= 0.3 is 11.9 Å². The van der Waals surface area contributed by atoms with Gasteiger partial charge in [0.2, 0.25) is 5.91 Å². The zero-order chi connectivity index (χ0) is 31.6. The topological polar surface area (TPSA) is 144 Å². The van der Waals surface area contributed by atoms with Crippen LogP contribution in [0.25, 0.3) is 0 Å². The number of piperidine rings is 1. The van der Waals surface area contributed by atoms with Gasteiger partial charge in [0.25, 0.3) is 0 Å². The van der Waals surface area contributed by atoms with Gasteiger partial charge in [0.1, 0.15) is 11.5 Å². The maximum atomic E-state index is 13.8. The van der Waals surface area contributed by atoms with E-state index in [-0.39, 0.29) is 5.91 Å². The molecule has 43 heavy (non-hydrogen) atoms. The van der Waals surface area contributed by atoms with Crippen LogP contribution in [0, 0.1) is 0 Å². The van der Waals surface area contributed by atoms with Crippen LogP contribution in [0.1, 0.15) is 42.4 Å². The second kappa shape index (κ2) is 15.1. The monoisotopic (exact) mass is 609 g/mol. The van der Waals surface area contributed by atoms with Gasteiger partial charge in [0.15, 0.2) is 0 Å². The summed E-state index contributed by atoms with van der Waals surface area (Å²) in [5.41, 5.74) is 6.17. The lowest BCUT2D eigenvalue weighted by Crippen LogP contribution is -2.48. The standard InChI is InChI=1S/C29H33ClN2O2.C4H7NO4/c1-31(2)27(33)29(24-9-5-3-6-10-24,25-11-7-4-8-12-25)19-22-32-20-17-28(34,18-21-32)23-13-15-26(30)16-14-23;5-2(4(8)9)1-3(6)7/h3-16,34H,17-22H2,1-2H3;2H,1,5H2,(H,6,7)(H,8,9). The average molecular weight is 610 g/mol. The van der Waals surface area contributed by atoms with Crippen molar-refractivity contribution >= 4 is 29.4 Å². The Labute approximate surface area is 257 Å². The number of likely N-dealkylation sites (tertiary alicyclic amines) is 1. The van der Waals surface area contributed by atoms with E-state index in [4.69, 9.17) is 27.5 Å². The number of halogens is 1. The number of hydrogen-bond acceptors (Lipinski definition) is 6. The van der Waals surface area contributed by atoms with Crippen molar-refractivity contribution in [2.75, 3.05) is 33.7 Å². The molecule has 0 radical (unpaired) electrons. The zero-order valence-corrected chi connectivity index (χ0v) is 25.3. The van der Waals surface area contributed by atoms with Gasteiger partial charge in [0, 0.05) is 32.2 Å². The van der Waals surface area contributed by atoms with Gasteiger partial charge in [-0.3, -0.25) is 14.4 Å². The van der Waals surface area contributed by atoms with Gasteiger partial charge in [-0.2, -0.15) is 0 Å². The molecule has 5 N–H and O–H groups in total. The molecule has 1 saturated heterocycles. The molecule has 9 nitrogen and oxygen atoms in total. The summed E-state index contributed by atoms with van der Waals surface area (Å²) in [5, 5.41) is 28.0. The first-order chi connectivity index (χ1) is 20.4. The van der Waals surface area contributed by atoms with Crippen LogP contribution in [-0.2, 0) is 25.4 Å². The SMILES string of the molecule is CN(C)C(=O)C(CCN1CCC(O)(c2ccc(Cl)cc2)CC1)(c1ccccc1)c1ccccc1.NC(CC(=O)O)C(=O)O. The second-order valence-electron chi connectivity index (χ2n) is 11.0. The molecule has 1 fully saturated rings. The second-order valence-corrected chi connectivity index (χ2v) is 11.4. The lowest BCUT2D eigenvalue weighted by Gasteiger charge is -2.41. The first-order valence-electron chi connectivity index (χ1n) is 14.1. The molecule has 0 aliphatic carbocycles. The van der Waals surface area contributed by atoms with Gasteiger partial charge in [0.05, 0.1) is 12.0 Å². The molecule has 0 bridgehead atoms. The van der Waals surface area contributed by atoms with E-state index in [9.17, 15) is 19.5 Å². The van der Waals surface area contributed by atoms with Gasteiger partial charge in [-0.15, -0.1) is 0 Å². The molecular weight excluding hydrogens is 570 g/mol. The summed E-state index contributed by atoms with van der Waals surface area (Å²) in [5.74, 6) is -2.41. The quantitative estimate of drug-likeness (QED) is 0.270. The molecule has 230 valence electrons. The highest BCUT2D eigenvalue weighted by Crippen LogP contribution is 2.39. The van der Waals surface area contributed by atoms with Crippen LogP contribution in [0.3, 0.4) is 0 Å². The van der Waals surface area contributed by atoms with E-state index in [0.29, 0.717) is 24.3 Å². The van der Waals surface area contributed by atoms with Crippen LogP contribution in [0.5, 0.6) is 0 Å². The van der Waals surface area contributed by atoms with E-state index in [1.807, 2.05) is 74.8 Å². The average Bonchev–Trinajstić information content (AvgIpc) is 2.99. The summed E-state index contributed by atoms with van der Waals surface area (Å²) in [6, 6.07) is 26.4. The third kappa shape index (κ3) is 8.64. The van der Waals surface area contributed by atoms with Crippen molar-refractivity contribution in [3.05, 3.63) is 107 Å². The molecule has 0 aromatic heterocycles. The van der Waals surface area contributed by atoms with Crippen molar-refractivity contribution in [2.45, 2.75) is 42.7 Å². The van der Waals surface area contributed by atoms with E-state index >= 15 is 0 Å². The molecule has 1 amide bonds. The lowest BCUT2D eigenvalue weighted by atomic mass is 9.70. The van der Waals surface area contributed by atoms with Crippen LogP contribution >= 0.6 is 11.6 Å². The summed E-state index contributed by atoms with van der Waals surface area (Å²) in [6.07, 6.45) is 1.44. The maximum absolute atomic E-state index is 13.8. The number of carbonyl (C=O) groups excluding carboxylic acids is 1. The van der Waals surface area contributed by atoms with Gasteiger partial charge in [-0.05, 0) is 54.6 Å². The Hall–Kier alpha value is -3.76. The highest BCUT2D eigenvalue weighted by molar-refractivity contribution is 6.30. The number of nitrogens with zero attached hydrogens (tertiary/aromatic N) is 2. The molecule has 1 heterocycles. The highest BCUT2D eigenvalue weighted by atomic mass is 35.5. The number of carbonyl (C=O) groups is 3. The predicted octanol–water partition coefficient (Wildman–Crippen LogP) is 3.96. The fourth-order valence-electron chi connectivity index (χ4n) is 5.43. The smallest absolute Gasteiger partial charge is 0.321 e. The predicted molar refractivity (Wildman–Crippen MR) is 166 cm³/mol. The molecule has 0 spiro atoms. The number of aliphatic hydroxyl groups is 1. The van der Waals surface area contributed by atoms with Crippen LogP contribution in [0.2, 0.25) is 5.02 Å². The molecule has 0 saturated carbocycles. The van der Waals surface area contributed by atoms with Crippen molar-refractivity contribution in [1.29, 1.82) is 0 Å². The molecule has 1 unspecified atom stereocenters. The summed E-state index contributed by atoms with van der Waals surface area (Å²) in [4.78, 5) is 37.5. The molecule has 1 aliphatic rings. The molecule has 1 atom stereocenters. The first kappa shape index (κ1) is 33.7. The number of carboxylic acids is 2. The molecule has 4 rings (SSSR count). The fourth-order valence-corrected chi connectivity index (χ4v) is 5.56. The Kier molecular flexibility index (Phi) is 11.9. The number of benzene rings is 3. The Morgan fingerprint density at radius 2 is 1.40 bits per heavy atom. The van der Waals surface area contributed by atoms with Crippen LogP contribution < -0.4 is 5.73 Å². The Bertz CT molecular complexity index is 1300. The minimum absolute atomic E-state index is 0.0829. The van der Waals surface area contributed by atoms with Crippen molar-refractivity contribution in [3.8, 4) is 0 Å². The maximum Gasteiger partial charge on any atom is 0.321 e. The number of rotatable bonds is 10. The highest BCUT2D eigenvalue weighted by Gasteiger charge is 2.43. The number of hydrogen-bond donors (Lipinski definition) is 4. The largest absolute Gasteiger partial charge is 0.481 e. The number of likely N-dealkylation sites (N-methyl/N-ethyl adjacent to an activating group) is 1. The van der Waals surface area contributed by atoms with Crippen LogP contribution in [0.15, 0.2) is 84.9 Å². The molecule has 1 aliphatic heterocycles.